The van der Waals surface area contributed by atoms with Crippen LogP contribution in [0.5, 0.6) is 0 Å². The molecule has 114 valence electrons. The van der Waals surface area contributed by atoms with Crippen molar-refractivity contribution in [2.75, 3.05) is 4.72 Å². The van der Waals surface area contributed by atoms with E-state index in [-0.39, 0.29) is 16.2 Å². The molecule has 1 aromatic carbocycles. The summed E-state index contributed by atoms with van der Waals surface area (Å²) < 4.78 is 27.2. The second-order valence-corrected chi connectivity index (χ2v) is 8.89. The Balaban J connectivity index is 2.21. The predicted octanol–water partition coefficient (Wildman–Crippen LogP) is 3.34. The highest BCUT2D eigenvalue weighted by Gasteiger charge is 2.18. The number of nitrogens with one attached hydrogen (secondary N) is 1. The van der Waals surface area contributed by atoms with Gasteiger partial charge in [-0.05, 0) is 35.2 Å². The van der Waals surface area contributed by atoms with Gasteiger partial charge in [0.25, 0.3) is 10.0 Å². The lowest BCUT2D eigenvalue weighted by Gasteiger charge is -2.19. The summed E-state index contributed by atoms with van der Waals surface area (Å²) in [5, 5.41) is 9.01. The van der Waals surface area contributed by atoms with Crippen LogP contribution >= 0.6 is 11.3 Å². The van der Waals surface area contributed by atoms with Crippen LogP contribution in [0, 0.1) is 0 Å². The molecular formula is C15H19NO3S2. The van der Waals surface area contributed by atoms with Gasteiger partial charge in [-0.1, -0.05) is 32.9 Å². The topological polar surface area (TPSA) is 66.4 Å². The first-order valence-electron chi connectivity index (χ1n) is 6.55. The smallest absolute Gasteiger partial charge is 0.271 e. The summed E-state index contributed by atoms with van der Waals surface area (Å²) >= 11 is 1.07. The Kier molecular flexibility index (Phi) is 4.41. The number of rotatable bonds is 4. The molecule has 1 heterocycles. The summed E-state index contributed by atoms with van der Waals surface area (Å²) in [6, 6.07) is 10.5. The molecule has 0 atom stereocenters. The standard InChI is InChI=1S/C15H19NO3S2/c1-15(2,3)11-4-6-12(7-5-11)16-21(18,19)14-9-8-13(10-17)20-14/h4-9,16-17H,10H2,1-3H3. The maximum Gasteiger partial charge on any atom is 0.271 e. The molecule has 2 aromatic rings. The van der Waals surface area contributed by atoms with Gasteiger partial charge in [0.15, 0.2) is 0 Å². The largest absolute Gasteiger partial charge is 0.391 e. The van der Waals surface area contributed by atoms with Crippen LogP contribution in [0.4, 0.5) is 5.69 Å². The normalized spacial score (nSPS) is 12.4. The van der Waals surface area contributed by atoms with Crippen LogP contribution < -0.4 is 4.72 Å². The number of hydrogen-bond donors (Lipinski definition) is 2. The third-order valence-electron chi connectivity index (χ3n) is 3.06. The van der Waals surface area contributed by atoms with Crippen molar-refractivity contribution in [2.24, 2.45) is 0 Å². The number of thiophene rings is 1. The van der Waals surface area contributed by atoms with Gasteiger partial charge < -0.3 is 5.11 Å². The Morgan fingerprint density at radius 3 is 2.19 bits per heavy atom. The van der Waals surface area contributed by atoms with Crippen molar-refractivity contribution in [1.29, 1.82) is 0 Å². The van der Waals surface area contributed by atoms with Gasteiger partial charge in [-0.15, -0.1) is 11.3 Å². The van der Waals surface area contributed by atoms with E-state index in [0.29, 0.717) is 10.6 Å². The first-order chi connectivity index (χ1) is 9.72. The molecule has 0 saturated heterocycles. The fourth-order valence-corrected chi connectivity index (χ4v) is 4.11. The van der Waals surface area contributed by atoms with Gasteiger partial charge in [-0.2, -0.15) is 0 Å². The van der Waals surface area contributed by atoms with E-state index in [1.54, 1.807) is 18.2 Å². The van der Waals surface area contributed by atoms with E-state index in [9.17, 15) is 8.42 Å². The van der Waals surface area contributed by atoms with Crippen molar-refractivity contribution in [3.63, 3.8) is 0 Å². The summed E-state index contributed by atoms with van der Waals surface area (Å²) in [6.07, 6.45) is 0. The fraction of sp³-hybridized carbons (Fsp3) is 0.333. The number of sulfonamides is 1. The lowest BCUT2D eigenvalue weighted by Crippen LogP contribution is -2.13. The number of hydrogen-bond acceptors (Lipinski definition) is 4. The molecule has 0 fully saturated rings. The predicted molar refractivity (Wildman–Crippen MR) is 86.2 cm³/mol. The van der Waals surface area contributed by atoms with Gasteiger partial charge in [0.1, 0.15) is 4.21 Å². The molecule has 0 aliphatic heterocycles. The van der Waals surface area contributed by atoms with E-state index >= 15 is 0 Å². The second kappa shape index (κ2) is 5.79. The highest BCUT2D eigenvalue weighted by atomic mass is 32.2. The van der Waals surface area contributed by atoms with Crippen LogP contribution in [0.1, 0.15) is 31.2 Å². The molecule has 4 nitrogen and oxygen atoms in total. The highest BCUT2D eigenvalue weighted by Crippen LogP contribution is 2.26. The first-order valence-corrected chi connectivity index (χ1v) is 8.85. The first kappa shape index (κ1) is 16.0. The third-order valence-corrected chi connectivity index (χ3v) is 6.00. The minimum Gasteiger partial charge on any atom is -0.391 e. The zero-order chi connectivity index (χ0) is 15.7. The minimum atomic E-state index is -3.59. The van der Waals surface area contributed by atoms with E-state index in [2.05, 4.69) is 25.5 Å². The van der Waals surface area contributed by atoms with Gasteiger partial charge in [-0.25, -0.2) is 8.42 Å². The molecule has 0 aliphatic carbocycles. The number of benzene rings is 1. The molecule has 0 spiro atoms. The average molecular weight is 325 g/mol. The zero-order valence-electron chi connectivity index (χ0n) is 12.3. The molecule has 1 aromatic heterocycles. The summed E-state index contributed by atoms with van der Waals surface area (Å²) in [6.45, 7) is 6.16. The Labute approximate surface area is 129 Å². The summed E-state index contributed by atoms with van der Waals surface area (Å²) in [5.74, 6) is 0. The van der Waals surface area contributed by atoms with Crippen LogP contribution in [-0.2, 0) is 22.0 Å². The maximum absolute atomic E-state index is 12.2. The SMILES string of the molecule is CC(C)(C)c1ccc(NS(=O)(=O)c2ccc(CO)s2)cc1. The minimum absolute atomic E-state index is 0.0290. The van der Waals surface area contributed by atoms with Crippen LogP contribution in [0.3, 0.4) is 0 Å². The molecule has 0 bridgehead atoms. The van der Waals surface area contributed by atoms with Crippen LogP contribution in [-0.4, -0.2) is 13.5 Å². The van der Waals surface area contributed by atoms with Crippen molar-refractivity contribution >= 4 is 27.0 Å². The molecule has 6 heteroatoms. The van der Waals surface area contributed by atoms with Gasteiger partial charge in [0.05, 0.1) is 6.61 Å². The average Bonchev–Trinajstić information content (AvgIpc) is 2.87. The number of aliphatic hydroxyl groups excluding tert-OH is 1. The molecule has 0 amide bonds. The van der Waals surface area contributed by atoms with E-state index in [1.807, 2.05) is 12.1 Å². The molecule has 0 saturated carbocycles. The van der Waals surface area contributed by atoms with Crippen molar-refractivity contribution in [3.8, 4) is 0 Å². The van der Waals surface area contributed by atoms with Gasteiger partial charge >= 0.3 is 0 Å². The van der Waals surface area contributed by atoms with Crippen molar-refractivity contribution in [2.45, 2.75) is 37.0 Å². The lowest BCUT2D eigenvalue weighted by atomic mass is 9.87. The van der Waals surface area contributed by atoms with Gasteiger partial charge in [-0.3, -0.25) is 4.72 Å². The second-order valence-electron chi connectivity index (χ2n) is 5.81. The summed E-state index contributed by atoms with van der Waals surface area (Å²) in [7, 11) is -3.59. The molecule has 0 radical (unpaired) electrons. The highest BCUT2D eigenvalue weighted by molar-refractivity contribution is 7.94. The maximum atomic E-state index is 12.2. The Morgan fingerprint density at radius 1 is 1.10 bits per heavy atom. The molecule has 2 N–H and O–H groups in total. The Morgan fingerprint density at radius 2 is 1.71 bits per heavy atom. The van der Waals surface area contributed by atoms with Crippen LogP contribution in [0.25, 0.3) is 0 Å². The molecule has 0 aliphatic rings. The monoisotopic (exact) mass is 325 g/mol. The van der Waals surface area contributed by atoms with Crippen LogP contribution in [0.15, 0.2) is 40.6 Å². The number of anilines is 1. The van der Waals surface area contributed by atoms with Crippen molar-refractivity contribution in [3.05, 3.63) is 46.8 Å². The zero-order valence-corrected chi connectivity index (χ0v) is 13.9. The molecule has 21 heavy (non-hydrogen) atoms. The van der Waals surface area contributed by atoms with E-state index in [1.165, 1.54) is 6.07 Å². The third kappa shape index (κ3) is 3.84. The molecule has 2 rings (SSSR count). The van der Waals surface area contributed by atoms with Crippen molar-refractivity contribution in [1.82, 2.24) is 0 Å². The van der Waals surface area contributed by atoms with E-state index in [4.69, 9.17) is 5.11 Å². The van der Waals surface area contributed by atoms with E-state index < -0.39 is 10.0 Å². The van der Waals surface area contributed by atoms with Crippen molar-refractivity contribution < 1.29 is 13.5 Å². The fourth-order valence-electron chi connectivity index (χ4n) is 1.83. The summed E-state index contributed by atoms with van der Waals surface area (Å²) in [4.78, 5) is 0.624. The molecule has 0 unspecified atom stereocenters. The quantitative estimate of drug-likeness (QED) is 0.906. The van der Waals surface area contributed by atoms with Crippen LogP contribution in [0.2, 0.25) is 0 Å². The lowest BCUT2D eigenvalue weighted by molar-refractivity contribution is 0.285. The molecular weight excluding hydrogens is 306 g/mol. The van der Waals surface area contributed by atoms with Gasteiger partial charge in [0, 0.05) is 10.6 Å². The Bertz CT molecular complexity index is 710. The summed E-state index contributed by atoms with van der Waals surface area (Å²) in [5.41, 5.74) is 1.70. The van der Waals surface area contributed by atoms with Gasteiger partial charge in [0.2, 0.25) is 0 Å². The Hall–Kier alpha value is -1.37. The van der Waals surface area contributed by atoms with E-state index in [0.717, 1.165) is 16.9 Å². The number of aliphatic hydroxyl groups is 1.